The van der Waals surface area contributed by atoms with Crippen molar-refractivity contribution in [1.82, 2.24) is 4.90 Å². The summed E-state index contributed by atoms with van der Waals surface area (Å²) >= 11 is 5.98. The van der Waals surface area contributed by atoms with Gasteiger partial charge in [0.15, 0.2) is 0 Å². The van der Waals surface area contributed by atoms with Crippen LogP contribution in [0.2, 0.25) is 5.02 Å². The number of anilines is 2. The fourth-order valence-electron chi connectivity index (χ4n) is 4.59. The van der Waals surface area contributed by atoms with E-state index in [-0.39, 0.29) is 18.6 Å². The first-order valence-electron chi connectivity index (χ1n) is 11.7. The molecule has 0 unspecified atom stereocenters. The van der Waals surface area contributed by atoms with Gasteiger partial charge >= 0.3 is 0 Å². The van der Waals surface area contributed by atoms with E-state index in [1.165, 1.54) is 0 Å². The van der Waals surface area contributed by atoms with Crippen LogP contribution in [0.1, 0.15) is 36.8 Å². The zero-order valence-electron chi connectivity index (χ0n) is 19.1. The quantitative estimate of drug-likeness (QED) is 0.673. The van der Waals surface area contributed by atoms with Crippen molar-refractivity contribution in [3.63, 3.8) is 0 Å². The summed E-state index contributed by atoms with van der Waals surface area (Å²) in [6.45, 7) is 5.16. The van der Waals surface area contributed by atoms with Gasteiger partial charge in [-0.2, -0.15) is 5.26 Å². The van der Waals surface area contributed by atoms with Gasteiger partial charge in [0.05, 0.1) is 17.7 Å². The Hall–Kier alpha value is -2.75. The highest BCUT2D eigenvalue weighted by Crippen LogP contribution is 2.25. The zero-order chi connectivity index (χ0) is 23.2. The molecule has 0 atom stereocenters. The van der Waals surface area contributed by atoms with Crippen LogP contribution in [0.4, 0.5) is 11.4 Å². The fraction of sp³-hybridized carbons (Fsp3) is 0.462. The second-order valence-electron chi connectivity index (χ2n) is 8.91. The van der Waals surface area contributed by atoms with Crippen LogP contribution in [0.15, 0.2) is 42.5 Å². The highest BCUT2D eigenvalue weighted by Gasteiger charge is 2.25. The van der Waals surface area contributed by atoms with Gasteiger partial charge in [0.1, 0.15) is 6.61 Å². The summed E-state index contributed by atoms with van der Waals surface area (Å²) in [5, 5.41) is 13.5. The molecule has 0 aromatic heterocycles. The summed E-state index contributed by atoms with van der Waals surface area (Å²) in [6.07, 6.45) is 4.00. The van der Waals surface area contributed by atoms with Crippen LogP contribution >= 0.6 is 11.6 Å². The van der Waals surface area contributed by atoms with Crippen molar-refractivity contribution in [3.8, 4) is 6.07 Å². The first-order valence-corrected chi connectivity index (χ1v) is 12.1. The highest BCUT2D eigenvalue weighted by atomic mass is 35.5. The van der Waals surface area contributed by atoms with Crippen molar-refractivity contribution >= 4 is 28.9 Å². The van der Waals surface area contributed by atoms with Crippen LogP contribution in [-0.2, 0) is 9.53 Å². The minimum absolute atomic E-state index is 0.0784. The third-order valence-corrected chi connectivity index (χ3v) is 6.92. The Morgan fingerprint density at radius 3 is 2.45 bits per heavy atom. The molecule has 0 bridgehead atoms. The van der Waals surface area contributed by atoms with E-state index in [1.807, 2.05) is 54.3 Å². The molecule has 33 heavy (non-hydrogen) atoms. The van der Waals surface area contributed by atoms with Crippen LogP contribution in [0, 0.1) is 18.3 Å². The largest absolute Gasteiger partial charge is 0.382 e. The lowest BCUT2D eigenvalue weighted by molar-refractivity contribution is -0.139. The smallest absolute Gasteiger partial charge is 0.248 e. The number of piperazine rings is 1. The second kappa shape index (κ2) is 10.9. The number of carbonyl (C=O) groups is 1. The first-order chi connectivity index (χ1) is 16.0. The number of hydrogen-bond donors (Lipinski definition) is 1. The predicted octanol–water partition coefficient (Wildman–Crippen LogP) is 4.61. The van der Waals surface area contributed by atoms with E-state index in [0.29, 0.717) is 24.7 Å². The van der Waals surface area contributed by atoms with Gasteiger partial charge in [-0.1, -0.05) is 17.7 Å². The monoisotopic (exact) mass is 466 g/mol. The number of halogens is 1. The molecule has 1 amide bonds. The van der Waals surface area contributed by atoms with E-state index in [9.17, 15) is 10.1 Å². The molecule has 2 fully saturated rings. The normalized spacial score (nSPS) is 20.9. The number of hydrogen-bond acceptors (Lipinski definition) is 5. The van der Waals surface area contributed by atoms with Crippen LogP contribution in [0.25, 0.3) is 0 Å². The molecular weight excluding hydrogens is 436 g/mol. The van der Waals surface area contributed by atoms with Crippen LogP contribution in [-0.4, -0.2) is 55.7 Å². The van der Waals surface area contributed by atoms with Crippen LogP contribution < -0.4 is 10.2 Å². The number of aryl methyl sites for hydroxylation is 1. The van der Waals surface area contributed by atoms with Crippen LogP contribution in [0.5, 0.6) is 0 Å². The van der Waals surface area contributed by atoms with Crippen molar-refractivity contribution < 1.29 is 9.53 Å². The Labute approximate surface area is 201 Å². The van der Waals surface area contributed by atoms with E-state index >= 15 is 0 Å². The van der Waals surface area contributed by atoms with E-state index in [1.54, 1.807) is 0 Å². The summed E-state index contributed by atoms with van der Waals surface area (Å²) in [6, 6.07) is 16.4. The van der Waals surface area contributed by atoms with Crippen molar-refractivity contribution in [2.75, 3.05) is 43.0 Å². The standard InChI is InChI=1S/C26H31ClN4O2/c1-19-2-5-23(16-20(19)17-28)29-22-6-10-25(11-7-22)33-18-26(32)31-14-12-30(13-15-31)24-8-3-21(27)4-9-24/h2-5,8-9,16,22,25,29H,6-7,10-15,18H2,1H3. The van der Waals surface area contributed by atoms with E-state index < -0.39 is 0 Å². The van der Waals surface area contributed by atoms with Gasteiger partial charge in [-0.25, -0.2) is 0 Å². The number of nitrogens with one attached hydrogen (secondary N) is 1. The minimum Gasteiger partial charge on any atom is -0.382 e. The molecular formula is C26H31ClN4O2. The number of amides is 1. The molecule has 0 spiro atoms. The summed E-state index contributed by atoms with van der Waals surface area (Å²) in [7, 11) is 0. The van der Waals surface area contributed by atoms with Gasteiger partial charge in [0, 0.05) is 48.6 Å². The molecule has 2 aromatic carbocycles. The minimum atomic E-state index is 0.0784. The van der Waals surface area contributed by atoms with E-state index in [0.717, 1.165) is 60.7 Å². The van der Waals surface area contributed by atoms with E-state index in [4.69, 9.17) is 16.3 Å². The summed E-state index contributed by atoms with van der Waals surface area (Å²) < 4.78 is 5.98. The maximum Gasteiger partial charge on any atom is 0.248 e. The van der Waals surface area contributed by atoms with Crippen LogP contribution in [0.3, 0.4) is 0 Å². The number of benzene rings is 2. The number of ether oxygens (including phenoxy) is 1. The third kappa shape index (κ3) is 6.19. The average molecular weight is 467 g/mol. The maximum atomic E-state index is 12.6. The molecule has 0 radical (unpaired) electrons. The topological polar surface area (TPSA) is 68.6 Å². The molecule has 1 saturated carbocycles. The average Bonchev–Trinajstić information content (AvgIpc) is 2.85. The highest BCUT2D eigenvalue weighted by molar-refractivity contribution is 6.30. The summed E-state index contributed by atoms with van der Waals surface area (Å²) in [5.41, 5.74) is 3.85. The Bertz CT molecular complexity index is 988. The van der Waals surface area contributed by atoms with Gasteiger partial charge in [0.2, 0.25) is 5.91 Å². The van der Waals surface area contributed by atoms with Crippen molar-refractivity contribution in [3.05, 3.63) is 58.6 Å². The molecule has 2 aromatic rings. The molecule has 1 N–H and O–H groups in total. The molecule has 1 aliphatic carbocycles. The molecule has 4 rings (SSSR count). The molecule has 1 saturated heterocycles. The van der Waals surface area contributed by atoms with Gasteiger partial charge in [-0.3, -0.25) is 4.79 Å². The summed E-state index contributed by atoms with van der Waals surface area (Å²) in [5.74, 6) is 0.0784. The number of nitrogens with zero attached hydrogens (tertiary/aromatic N) is 3. The van der Waals surface area contributed by atoms with Gasteiger partial charge in [0.25, 0.3) is 0 Å². The molecule has 2 aliphatic rings. The van der Waals surface area contributed by atoms with E-state index in [2.05, 4.69) is 16.3 Å². The maximum absolute atomic E-state index is 12.6. The second-order valence-corrected chi connectivity index (χ2v) is 9.35. The number of nitriles is 1. The molecule has 6 nitrogen and oxygen atoms in total. The number of rotatable bonds is 6. The third-order valence-electron chi connectivity index (χ3n) is 6.67. The Morgan fingerprint density at radius 1 is 1.09 bits per heavy atom. The first kappa shape index (κ1) is 23.4. The summed E-state index contributed by atoms with van der Waals surface area (Å²) in [4.78, 5) is 16.8. The molecule has 174 valence electrons. The Kier molecular flexibility index (Phi) is 7.74. The van der Waals surface area contributed by atoms with Gasteiger partial charge in [-0.05, 0) is 74.6 Å². The Balaban J connectivity index is 1.16. The number of carbonyl (C=O) groups excluding carboxylic acids is 1. The predicted molar refractivity (Wildman–Crippen MR) is 132 cm³/mol. The fourth-order valence-corrected chi connectivity index (χ4v) is 4.71. The zero-order valence-corrected chi connectivity index (χ0v) is 19.9. The lowest BCUT2D eigenvalue weighted by Gasteiger charge is -2.36. The molecule has 1 heterocycles. The van der Waals surface area contributed by atoms with Crippen molar-refractivity contribution in [2.45, 2.75) is 44.8 Å². The van der Waals surface area contributed by atoms with Gasteiger partial charge < -0.3 is 19.9 Å². The molecule has 7 heteroatoms. The van der Waals surface area contributed by atoms with Gasteiger partial charge in [-0.15, -0.1) is 0 Å². The molecule has 1 aliphatic heterocycles. The Morgan fingerprint density at radius 2 is 1.79 bits per heavy atom. The van der Waals surface area contributed by atoms with Crippen molar-refractivity contribution in [2.24, 2.45) is 0 Å². The SMILES string of the molecule is Cc1ccc(NC2CCC(OCC(=O)N3CCN(c4ccc(Cl)cc4)CC3)CC2)cc1C#N. The lowest BCUT2D eigenvalue weighted by atomic mass is 9.92. The lowest BCUT2D eigenvalue weighted by Crippen LogP contribution is -2.50. The van der Waals surface area contributed by atoms with Crippen molar-refractivity contribution in [1.29, 1.82) is 5.26 Å².